The van der Waals surface area contributed by atoms with Gasteiger partial charge in [-0.05, 0) is 5.56 Å². The van der Waals surface area contributed by atoms with Crippen molar-refractivity contribution in [3.05, 3.63) is 35.9 Å². The fourth-order valence-corrected chi connectivity index (χ4v) is 1.54. The fraction of sp³-hybridized carbons (Fsp3) is 0.500. The van der Waals surface area contributed by atoms with E-state index in [2.05, 4.69) is 21.1 Å². The van der Waals surface area contributed by atoms with Gasteiger partial charge in [-0.15, -0.1) is 0 Å². The Kier molecular flexibility index (Phi) is 5.31. The normalized spacial score (nSPS) is 13.3. The standard InChI is InChI=1S/C14H21NO3/c1-15(2,3)9-10-18-11-13(14(16)17)12-7-5-4-6-8-12/h4-8,13H,9-11H2,1-3H3/p+1. The van der Waals surface area contributed by atoms with Gasteiger partial charge in [0.05, 0.1) is 34.4 Å². The number of carboxylic acids is 1. The number of hydrogen-bond donors (Lipinski definition) is 1. The Morgan fingerprint density at radius 3 is 2.39 bits per heavy atom. The number of hydrogen-bond acceptors (Lipinski definition) is 2. The largest absolute Gasteiger partial charge is 0.481 e. The van der Waals surface area contributed by atoms with E-state index in [-0.39, 0.29) is 6.61 Å². The van der Waals surface area contributed by atoms with Crippen LogP contribution in [0.2, 0.25) is 0 Å². The van der Waals surface area contributed by atoms with Crippen molar-refractivity contribution in [2.24, 2.45) is 0 Å². The first kappa shape index (κ1) is 14.7. The van der Waals surface area contributed by atoms with Crippen LogP contribution in [0.15, 0.2) is 30.3 Å². The first-order valence-corrected chi connectivity index (χ1v) is 6.06. The summed E-state index contributed by atoms with van der Waals surface area (Å²) >= 11 is 0. The highest BCUT2D eigenvalue weighted by atomic mass is 16.5. The predicted octanol–water partition coefficient (Wildman–Crippen LogP) is 1.58. The van der Waals surface area contributed by atoms with E-state index < -0.39 is 11.9 Å². The van der Waals surface area contributed by atoms with Gasteiger partial charge in [-0.1, -0.05) is 30.3 Å². The molecule has 0 aliphatic carbocycles. The van der Waals surface area contributed by atoms with Crippen molar-refractivity contribution in [3.63, 3.8) is 0 Å². The molecule has 1 rings (SSSR count). The molecular formula is C14H22NO3+. The molecule has 0 radical (unpaired) electrons. The molecule has 1 N–H and O–H groups in total. The van der Waals surface area contributed by atoms with E-state index in [0.717, 1.165) is 16.6 Å². The maximum Gasteiger partial charge on any atom is 0.313 e. The molecule has 0 bridgehead atoms. The van der Waals surface area contributed by atoms with Crippen LogP contribution in [0.25, 0.3) is 0 Å². The average Bonchev–Trinajstić information content (AvgIpc) is 2.28. The molecule has 0 aromatic heterocycles. The number of benzene rings is 1. The average molecular weight is 252 g/mol. The molecule has 0 aliphatic rings. The Morgan fingerprint density at radius 1 is 1.28 bits per heavy atom. The zero-order chi connectivity index (χ0) is 13.6. The first-order chi connectivity index (χ1) is 8.40. The molecule has 0 fully saturated rings. The molecule has 4 nitrogen and oxygen atoms in total. The van der Waals surface area contributed by atoms with Gasteiger partial charge in [0, 0.05) is 0 Å². The Hall–Kier alpha value is -1.39. The summed E-state index contributed by atoms with van der Waals surface area (Å²) in [6.45, 7) is 1.65. The van der Waals surface area contributed by atoms with Gasteiger partial charge in [0.2, 0.25) is 0 Å². The third kappa shape index (κ3) is 5.29. The van der Waals surface area contributed by atoms with Crippen LogP contribution >= 0.6 is 0 Å². The number of likely N-dealkylation sites (N-methyl/N-ethyl adjacent to an activating group) is 1. The molecule has 1 aromatic rings. The van der Waals surface area contributed by atoms with Crippen molar-refractivity contribution >= 4 is 5.97 Å². The zero-order valence-electron chi connectivity index (χ0n) is 11.3. The van der Waals surface area contributed by atoms with E-state index in [0.29, 0.717) is 6.61 Å². The number of aliphatic carboxylic acids is 1. The molecule has 100 valence electrons. The number of carboxylic acid groups (broad SMARTS) is 1. The number of rotatable bonds is 7. The third-order valence-electron chi connectivity index (χ3n) is 2.69. The second-order valence-electron chi connectivity index (χ2n) is 5.39. The summed E-state index contributed by atoms with van der Waals surface area (Å²) in [4.78, 5) is 11.2. The minimum Gasteiger partial charge on any atom is -0.481 e. The van der Waals surface area contributed by atoms with Crippen LogP contribution in [-0.2, 0) is 9.53 Å². The molecule has 0 heterocycles. The van der Waals surface area contributed by atoms with Crippen LogP contribution in [0, 0.1) is 0 Å². The summed E-state index contributed by atoms with van der Waals surface area (Å²) in [5.74, 6) is -1.43. The second-order valence-corrected chi connectivity index (χ2v) is 5.39. The van der Waals surface area contributed by atoms with E-state index in [1.54, 1.807) is 0 Å². The zero-order valence-corrected chi connectivity index (χ0v) is 11.3. The first-order valence-electron chi connectivity index (χ1n) is 6.06. The molecule has 0 amide bonds. The monoisotopic (exact) mass is 252 g/mol. The van der Waals surface area contributed by atoms with Gasteiger partial charge in [0.15, 0.2) is 0 Å². The van der Waals surface area contributed by atoms with E-state index in [1.807, 2.05) is 30.3 Å². The minimum absolute atomic E-state index is 0.222. The molecule has 0 saturated heterocycles. The van der Waals surface area contributed by atoms with E-state index in [1.165, 1.54) is 0 Å². The van der Waals surface area contributed by atoms with Gasteiger partial charge in [-0.25, -0.2) is 0 Å². The fourth-order valence-electron chi connectivity index (χ4n) is 1.54. The van der Waals surface area contributed by atoms with Crippen molar-refractivity contribution in [1.82, 2.24) is 0 Å². The maximum absolute atomic E-state index is 11.2. The number of carbonyl (C=O) groups is 1. The summed E-state index contributed by atoms with van der Waals surface area (Å²) in [6, 6.07) is 9.21. The maximum atomic E-state index is 11.2. The van der Waals surface area contributed by atoms with Gasteiger partial charge in [-0.2, -0.15) is 0 Å². The lowest BCUT2D eigenvalue weighted by molar-refractivity contribution is -0.870. The summed E-state index contributed by atoms with van der Waals surface area (Å²) in [5, 5.41) is 9.20. The lowest BCUT2D eigenvalue weighted by atomic mass is 10.0. The number of quaternary nitrogens is 1. The van der Waals surface area contributed by atoms with Crippen molar-refractivity contribution in [3.8, 4) is 0 Å². The van der Waals surface area contributed by atoms with Crippen LogP contribution < -0.4 is 0 Å². The molecule has 1 unspecified atom stereocenters. The van der Waals surface area contributed by atoms with Crippen LogP contribution in [0.3, 0.4) is 0 Å². The highest BCUT2D eigenvalue weighted by molar-refractivity contribution is 5.76. The van der Waals surface area contributed by atoms with Crippen LogP contribution in [0.1, 0.15) is 11.5 Å². The van der Waals surface area contributed by atoms with Gasteiger partial charge in [0.1, 0.15) is 12.5 Å². The third-order valence-corrected chi connectivity index (χ3v) is 2.69. The molecule has 0 aliphatic heterocycles. The van der Waals surface area contributed by atoms with Crippen molar-refractivity contribution in [1.29, 1.82) is 0 Å². The summed E-state index contributed by atoms with van der Waals surface area (Å²) in [6.07, 6.45) is 0. The number of ether oxygens (including phenoxy) is 1. The second kappa shape index (κ2) is 6.52. The molecule has 1 atom stereocenters. The molecular weight excluding hydrogens is 230 g/mol. The highest BCUT2D eigenvalue weighted by Crippen LogP contribution is 2.16. The molecule has 1 aromatic carbocycles. The minimum atomic E-state index is -0.841. The van der Waals surface area contributed by atoms with Crippen molar-refractivity contribution < 1.29 is 19.1 Å². The summed E-state index contributed by atoms with van der Waals surface area (Å²) in [5.41, 5.74) is 0.787. The SMILES string of the molecule is C[N+](C)(C)CCOCC(C(=O)O)c1ccccc1. The Bertz CT molecular complexity index is 370. The lowest BCUT2D eigenvalue weighted by Gasteiger charge is -2.24. The Labute approximate surface area is 108 Å². The van der Waals surface area contributed by atoms with Crippen molar-refractivity contribution in [2.75, 3.05) is 40.9 Å². The Balaban J connectivity index is 2.48. The topological polar surface area (TPSA) is 46.5 Å². The molecule has 0 saturated carbocycles. The van der Waals surface area contributed by atoms with Gasteiger partial charge >= 0.3 is 5.97 Å². The molecule has 0 spiro atoms. The van der Waals surface area contributed by atoms with E-state index >= 15 is 0 Å². The van der Waals surface area contributed by atoms with Crippen molar-refractivity contribution in [2.45, 2.75) is 5.92 Å². The molecule has 4 heteroatoms. The van der Waals surface area contributed by atoms with E-state index in [4.69, 9.17) is 4.74 Å². The summed E-state index contributed by atoms with van der Waals surface area (Å²) < 4.78 is 6.30. The van der Waals surface area contributed by atoms with E-state index in [9.17, 15) is 9.90 Å². The van der Waals surface area contributed by atoms with Crippen LogP contribution in [0.4, 0.5) is 0 Å². The quantitative estimate of drug-likeness (QED) is 0.592. The van der Waals surface area contributed by atoms with Gasteiger partial charge in [-0.3, -0.25) is 4.79 Å². The van der Waals surface area contributed by atoms with Crippen LogP contribution in [0.5, 0.6) is 0 Å². The summed E-state index contributed by atoms with van der Waals surface area (Å²) in [7, 11) is 6.24. The smallest absolute Gasteiger partial charge is 0.313 e. The van der Waals surface area contributed by atoms with Crippen LogP contribution in [-0.4, -0.2) is 56.5 Å². The predicted molar refractivity (Wildman–Crippen MR) is 70.5 cm³/mol. The number of nitrogens with zero attached hydrogens (tertiary/aromatic N) is 1. The Morgan fingerprint density at radius 2 is 1.89 bits per heavy atom. The molecule has 18 heavy (non-hydrogen) atoms. The lowest BCUT2D eigenvalue weighted by Crippen LogP contribution is -2.38. The van der Waals surface area contributed by atoms with Gasteiger partial charge < -0.3 is 14.3 Å². The highest BCUT2D eigenvalue weighted by Gasteiger charge is 2.20. The van der Waals surface area contributed by atoms with Gasteiger partial charge in [0.25, 0.3) is 0 Å².